The molecule has 0 unspecified atom stereocenters. The number of ether oxygens (including phenoxy) is 1. The third kappa shape index (κ3) is 1.76. The number of aromatic carboxylic acids is 1. The van der Waals surface area contributed by atoms with Gasteiger partial charge in [-0.3, -0.25) is 4.79 Å². The first-order valence-corrected chi connectivity index (χ1v) is 6.08. The summed E-state index contributed by atoms with van der Waals surface area (Å²) in [4.78, 5) is 24.9. The number of rotatable bonds is 2. The van der Waals surface area contributed by atoms with Gasteiger partial charge in [0.25, 0.3) is 0 Å². The van der Waals surface area contributed by atoms with Crippen molar-refractivity contribution < 1.29 is 14.6 Å². The molecule has 21 heavy (non-hydrogen) atoms. The van der Waals surface area contributed by atoms with Crippen LogP contribution >= 0.6 is 0 Å². The molecule has 8 nitrogen and oxygen atoms in total. The number of hydrogen-bond donors (Lipinski definition) is 1. The predicted molar refractivity (Wildman–Crippen MR) is 74.8 cm³/mol. The lowest BCUT2D eigenvalue weighted by atomic mass is 10.1. The molecule has 1 aromatic carbocycles. The van der Waals surface area contributed by atoms with Crippen LogP contribution in [0.5, 0.6) is 5.75 Å². The first-order valence-electron chi connectivity index (χ1n) is 6.08. The highest BCUT2D eigenvalue weighted by Gasteiger charge is 2.19. The fraction of sp³-hybridized carbons (Fsp3) is 0.231. The Balaban J connectivity index is 2.62. The zero-order valence-corrected chi connectivity index (χ0v) is 11.6. The molecule has 2 heterocycles. The topological polar surface area (TPSA) is 99.2 Å². The summed E-state index contributed by atoms with van der Waals surface area (Å²) in [6, 6.07) is 1.50. The molecule has 0 aliphatic carbocycles. The standard InChI is InChI=1S/C13H12N4O4/c1-16-5-7(13(19)20)12(18)6-4-8(21-3)9-10(11(6)16)15-17(2)14-9/h4-5H,1-3H3,(H,19,20). The lowest BCUT2D eigenvalue weighted by Crippen LogP contribution is -2.18. The van der Waals surface area contributed by atoms with Crippen molar-refractivity contribution in [3.8, 4) is 5.75 Å². The average Bonchev–Trinajstić information content (AvgIpc) is 2.81. The number of benzene rings is 1. The fourth-order valence-corrected chi connectivity index (χ4v) is 2.43. The quantitative estimate of drug-likeness (QED) is 0.738. The Kier molecular flexibility index (Phi) is 2.68. The van der Waals surface area contributed by atoms with E-state index in [1.807, 2.05) is 0 Å². The predicted octanol–water partition coefficient (Wildman–Crippen LogP) is 0.527. The first kappa shape index (κ1) is 13.1. The second kappa shape index (κ2) is 4.30. The van der Waals surface area contributed by atoms with Crippen molar-refractivity contribution in [2.24, 2.45) is 14.1 Å². The SMILES string of the molecule is COc1cc2c(=O)c(C(=O)O)cn(C)c2c2nn(C)nc12. The second-order valence-corrected chi connectivity index (χ2v) is 4.65. The van der Waals surface area contributed by atoms with Gasteiger partial charge in [0.2, 0.25) is 5.43 Å². The van der Waals surface area contributed by atoms with E-state index in [2.05, 4.69) is 10.2 Å². The lowest BCUT2D eigenvalue weighted by molar-refractivity contribution is 0.0695. The zero-order valence-electron chi connectivity index (χ0n) is 11.6. The van der Waals surface area contributed by atoms with Gasteiger partial charge in [0, 0.05) is 20.3 Å². The van der Waals surface area contributed by atoms with Crippen LogP contribution in [0.25, 0.3) is 21.9 Å². The van der Waals surface area contributed by atoms with Gasteiger partial charge < -0.3 is 14.4 Å². The number of hydrogen-bond acceptors (Lipinski definition) is 5. The summed E-state index contributed by atoms with van der Waals surface area (Å²) in [6.07, 6.45) is 1.29. The van der Waals surface area contributed by atoms with Gasteiger partial charge in [-0.25, -0.2) is 4.79 Å². The van der Waals surface area contributed by atoms with Crippen molar-refractivity contribution >= 4 is 27.9 Å². The molecule has 3 aromatic rings. The molecule has 0 radical (unpaired) electrons. The minimum Gasteiger partial charge on any atom is -0.494 e. The van der Waals surface area contributed by atoms with Gasteiger partial charge in [0.15, 0.2) is 5.52 Å². The Labute approximate surface area is 118 Å². The van der Waals surface area contributed by atoms with E-state index < -0.39 is 11.4 Å². The summed E-state index contributed by atoms with van der Waals surface area (Å²) in [7, 11) is 4.78. The van der Waals surface area contributed by atoms with Gasteiger partial charge in [-0.1, -0.05) is 0 Å². The molecule has 8 heteroatoms. The largest absolute Gasteiger partial charge is 0.494 e. The molecule has 1 N–H and O–H groups in total. The van der Waals surface area contributed by atoms with Gasteiger partial charge in [0.05, 0.1) is 18.0 Å². The van der Waals surface area contributed by atoms with Gasteiger partial charge in [0.1, 0.15) is 16.8 Å². The smallest absolute Gasteiger partial charge is 0.341 e. The van der Waals surface area contributed by atoms with Crippen molar-refractivity contribution in [3.05, 3.63) is 28.0 Å². The van der Waals surface area contributed by atoms with Crippen LogP contribution in [0.15, 0.2) is 17.1 Å². The summed E-state index contributed by atoms with van der Waals surface area (Å²) < 4.78 is 6.80. The highest BCUT2D eigenvalue weighted by atomic mass is 16.5. The minimum absolute atomic E-state index is 0.238. The maximum Gasteiger partial charge on any atom is 0.341 e. The summed E-state index contributed by atoms with van der Waals surface area (Å²) in [6.45, 7) is 0. The van der Waals surface area contributed by atoms with Crippen LogP contribution in [0.1, 0.15) is 10.4 Å². The van der Waals surface area contributed by atoms with Crippen molar-refractivity contribution in [3.63, 3.8) is 0 Å². The number of carboxylic acid groups (broad SMARTS) is 1. The molecule has 108 valence electrons. The van der Waals surface area contributed by atoms with Gasteiger partial charge >= 0.3 is 5.97 Å². The maximum atomic E-state index is 12.3. The van der Waals surface area contributed by atoms with Crippen molar-refractivity contribution in [2.75, 3.05) is 7.11 Å². The van der Waals surface area contributed by atoms with Crippen LogP contribution in [0.2, 0.25) is 0 Å². The Morgan fingerprint density at radius 1 is 1.29 bits per heavy atom. The molecule has 0 aliphatic rings. The summed E-state index contributed by atoms with van der Waals surface area (Å²) in [5, 5.41) is 17.8. The van der Waals surface area contributed by atoms with Crippen LogP contribution in [0, 0.1) is 0 Å². The van der Waals surface area contributed by atoms with Crippen LogP contribution in [0.4, 0.5) is 0 Å². The van der Waals surface area contributed by atoms with E-state index in [-0.39, 0.29) is 10.9 Å². The first-order chi connectivity index (χ1) is 9.93. The van der Waals surface area contributed by atoms with E-state index in [1.54, 1.807) is 18.7 Å². The summed E-state index contributed by atoms with van der Waals surface area (Å²) in [5.41, 5.74) is 0.666. The monoisotopic (exact) mass is 288 g/mol. The minimum atomic E-state index is -1.27. The molecule has 0 saturated heterocycles. The summed E-state index contributed by atoms with van der Waals surface area (Å²) in [5.74, 6) is -0.888. The number of pyridine rings is 1. The van der Waals surface area contributed by atoms with Crippen LogP contribution in [0.3, 0.4) is 0 Å². The Morgan fingerprint density at radius 3 is 2.57 bits per heavy atom. The average molecular weight is 288 g/mol. The van der Waals surface area contributed by atoms with Crippen LogP contribution in [-0.4, -0.2) is 37.7 Å². The number of carboxylic acids is 1. The van der Waals surface area contributed by atoms with Gasteiger partial charge in [-0.15, -0.1) is 5.10 Å². The number of nitrogens with zero attached hydrogens (tertiary/aromatic N) is 4. The number of fused-ring (bicyclic) bond motifs is 3. The zero-order chi connectivity index (χ0) is 15.3. The van der Waals surface area contributed by atoms with Gasteiger partial charge in [-0.05, 0) is 6.07 Å². The molecule has 0 amide bonds. The number of aromatic nitrogens is 4. The number of methoxy groups -OCH3 is 1. The van der Waals surface area contributed by atoms with Crippen LogP contribution < -0.4 is 10.2 Å². The number of carbonyl (C=O) groups is 1. The molecule has 0 spiro atoms. The fourth-order valence-electron chi connectivity index (χ4n) is 2.43. The third-order valence-corrected chi connectivity index (χ3v) is 3.32. The normalized spacial score (nSPS) is 11.2. The Hall–Kier alpha value is -2.90. The lowest BCUT2D eigenvalue weighted by Gasteiger charge is -2.09. The van der Waals surface area contributed by atoms with Crippen LogP contribution in [-0.2, 0) is 14.1 Å². The molecule has 0 atom stereocenters. The van der Waals surface area contributed by atoms with E-state index >= 15 is 0 Å². The summed E-state index contributed by atoms with van der Waals surface area (Å²) >= 11 is 0. The van der Waals surface area contributed by atoms with Gasteiger partial charge in [-0.2, -0.15) is 9.90 Å². The number of aryl methyl sites for hydroxylation is 2. The molecule has 2 aromatic heterocycles. The third-order valence-electron chi connectivity index (χ3n) is 3.32. The second-order valence-electron chi connectivity index (χ2n) is 4.65. The molecule has 0 saturated carbocycles. The Bertz CT molecular complexity index is 954. The van der Waals surface area contributed by atoms with E-state index in [9.17, 15) is 9.59 Å². The van der Waals surface area contributed by atoms with E-state index in [4.69, 9.17) is 9.84 Å². The van der Waals surface area contributed by atoms with Crippen molar-refractivity contribution in [1.82, 2.24) is 19.6 Å². The molecule has 0 fully saturated rings. The van der Waals surface area contributed by atoms with Crippen molar-refractivity contribution in [2.45, 2.75) is 0 Å². The maximum absolute atomic E-state index is 12.3. The molecule has 0 aliphatic heterocycles. The van der Waals surface area contributed by atoms with E-state index in [1.165, 1.54) is 24.2 Å². The van der Waals surface area contributed by atoms with Crippen molar-refractivity contribution in [1.29, 1.82) is 0 Å². The molecule has 3 rings (SSSR count). The highest BCUT2D eigenvalue weighted by Crippen LogP contribution is 2.29. The van der Waals surface area contributed by atoms with E-state index in [0.717, 1.165) is 0 Å². The molecular formula is C13H12N4O4. The Morgan fingerprint density at radius 2 is 1.95 bits per heavy atom. The van der Waals surface area contributed by atoms with E-state index in [0.29, 0.717) is 22.3 Å². The molecular weight excluding hydrogens is 276 g/mol. The highest BCUT2D eigenvalue weighted by molar-refractivity contribution is 6.06. The molecule has 0 bridgehead atoms.